The fraction of sp³-hybridized carbons (Fsp3) is 0.409. The third-order valence-corrected chi connectivity index (χ3v) is 8.38. The zero-order valence-corrected chi connectivity index (χ0v) is 18.0. The van der Waals surface area contributed by atoms with Crippen molar-refractivity contribution in [3.8, 4) is 0 Å². The van der Waals surface area contributed by atoms with Gasteiger partial charge in [0.25, 0.3) is 5.91 Å². The summed E-state index contributed by atoms with van der Waals surface area (Å²) < 4.78 is 27.7. The standard InChI is InChI=1S/C22H25ClN2O3S/c1-24(20-12-10-16-7-3-4-8-18(16)20)22(26)17-9-11-19(23)21(15-17)29(27,28)25-13-5-2-6-14-25/h3-4,7-9,11,15,20H,2,5-6,10,12-14H2,1H3/t20-/m0/s1. The van der Waals surface area contributed by atoms with Crippen molar-refractivity contribution in [2.45, 2.75) is 43.0 Å². The Hall–Kier alpha value is -1.89. The van der Waals surface area contributed by atoms with Crippen molar-refractivity contribution < 1.29 is 13.2 Å². The van der Waals surface area contributed by atoms with Crippen LogP contribution in [0.2, 0.25) is 5.02 Å². The Morgan fingerprint density at radius 1 is 1.10 bits per heavy atom. The molecule has 1 fully saturated rings. The number of amides is 1. The summed E-state index contributed by atoms with van der Waals surface area (Å²) in [6, 6.07) is 12.7. The van der Waals surface area contributed by atoms with Gasteiger partial charge >= 0.3 is 0 Å². The van der Waals surface area contributed by atoms with Crippen LogP contribution in [0.5, 0.6) is 0 Å². The highest BCUT2D eigenvalue weighted by Crippen LogP contribution is 2.36. The Morgan fingerprint density at radius 2 is 1.83 bits per heavy atom. The average Bonchev–Trinajstić information content (AvgIpc) is 3.17. The van der Waals surface area contributed by atoms with E-state index in [9.17, 15) is 13.2 Å². The van der Waals surface area contributed by atoms with Crippen LogP contribution in [-0.4, -0.2) is 43.7 Å². The number of piperidine rings is 1. The van der Waals surface area contributed by atoms with Gasteiger partial charge < -0.3 is 4.90 Å². The number of nitrogens with zero attached hydrogens (tertiary/aromatic N) is 2. The number of rotatable bonds is 4. The normalized spacial score (nSPS) is 19.7. The highest BCUT2D eigenvalue weighted by atomic mass is 35.5. The molecule has 2 aromatic carbocycles. The summed E-state index contributed by atoms with van der Waals surface area (Å²) in [5.74, 6) is -0.196. The van der Waals surface area contributed by atoms with E-state index >= 15 is 0 Å². The summed E-state index contributed by atoms with van der Waals surface area (Å²) in [6.45, 7) is 0.991. The third kappa shape index (κ3) is 3.81. The number of halogens is 1. The molecule has 0 bridgehead atoms. The lowest BCUT2D eigenvalue weighted by Gasteiger charge is -2.27. The predicted molar refractivity (Wildman–Crippen MR) is 114 cm³/mol. The van der Waals surface area contributed by atoms with Gasteiger partial charge in [-0.2, -0.15) is 4.31 Å². The lowest BCUT2D eigenvalue weighted by molar-refractivity contribution is 0.0730. The zero-order chi connectivity index (χ0) is 20.6. The summed E-state index contributed by atoms with van der Waals surface area (Å²) >= 11 is 6.25. The smallest absolute Gasteiger partial charge is 0.254 e. The van der Waals surface area contributed by atoms with Gasteiger partial charge in [-0.3, -0.25) is 4.79 Å². The SMILES string of the molecule is CN(C(=O)c1ccc(Cl)c(S(=O)(=O)N2CCCCC2)c1)[C@H]1CCc2ccccc21. The van der Waals surface area contributed by atoms with E-state index in [0.717, 1.165) is 32.1 Å². The lowest BCUT2D eigenvalue weighted by Crippen LogP contribution is -2.36. The van der Waals surface area contributed by atoms with Gasteiger partial charge in [-0.25, -0.2) is 8.42 Å². The number of hydrogen-bond donors (Lipinski definition) is 0. The first kappa shape index (κ1) is 20.4. The average molecular weight is 433 g/mol. The molecule has 0 N–H and O–H groups in total. The molecule has 1 aliphatic heterocycles. The second-order valence-electron chi connectivity index (χ2n) is 7.78. The van der Waals surface area contributed by atoms with Crippen LogP contribution in [0.1, 0.15) is 53.2 Å². The molecular weight excluding hydrogens is 408 g/mol. The summed E-state index contributed by atoms with van der Waals surface area (Å²) in [6.07, 6.45) is 4.53. The summed E-state index contributed by atoms with van der Waals surface area (Å²) in [4.78, 5) is 14.9. The highest BCUT2D eigenvalue weighted by molar-refractivity contribution is 7.89. The van der Waals surface area contributed by atoms with Gasteiger partial charge in [-0.15, -0.1) is 0 Å². The van der Waals surface area contributed by atoms with Crippen LogP contribution >= 0.6 is 11.6 Å². The van der Waals surface area contributed by atoms with Crippen molar-refractivity contribution in [1.82, 2.24) is 9.21 Å². The monoisotopic (exact) mass is 432 g/mol. The van der Waals surface area contributed by atoms with Crippen LogP contribution in [0.15, 0.2) is 47.4 Å². The number of carbonyl (C=O) groups excluding carboxylic acids is 1. The van der Waals surface area contributed by atoms with Gasteiger partial charge in [0.05, 0.1) is 11.1 Å². The van der Waals surface area contributed by atoms with Crippen LogP contribution in [0.4, 0.5) is 0 Å². The molecule has 0 radical (unpaired) electrons. The summed E-state index contributed by atoms with van der Waals surface area (Å²) in [5, 5.41) is 0.154. The largest absolute Gasteiger partial charge is 0.335 e. The molecule has 1 heterocycles. The molecule has 4 rings (SSSR count). The third-order valence-electron chi connectivity index (χ3n) is 6.00. The minimum atomic E-state index is -3.71. The molecule has 2 aliphatic rings. The van der Waals surface area contributed by atoms with E-state index < -0.39 is 10.0 Å². The van der Waals surface area contributed by atoms with E-state index in [0.29, 0.717) is 18.7 Å². The molecule has 0 aromatic heterocycles. The molecule has 0 unspecified atom stereocenters. The van der Waals surface area contributed by atoms with Crippen molar-refractivity contribution in [3.63, 3.8) is 0 Å². The maximum absolute atomic E-state index is 13.2. The van der Waals surface area contributed by atoms with Crippen molar-refractivity contribution in [2.75, 3.05) is 20.1 Å². The van der Waals surface area contributed by atoms with Crippen LogP contribution in [0.25, 0.3) is 0 Å². The minimum absolute atomic E-state index is 0.00321. The van der Waals surface area contributed by atoms with E-state index in [1.54, 1.807) is 18.0 Å². The maximum atomic E-state index is 13.2. The second kappa shape index (κ2) is 8.09. The summed E-state index contributed by atoms with van der Waals surface area (Å²) in [5.41, 5.74) is 2.77. The van der Waals surface area contributed by atoms with E-state index in [2.05, 4.69) is 12.1 Å². The molecule has 0 saturated carbocycles. The first-order valence-electron chi connectivity index (χ1n) is 10.0. The molecule has 2 aromatic rings. The van der Waals surface area contributed by atoms with Crippen molar-refractivity contribution >= 4 is 27.5 Å². The Bertz CT molecular complexity index is 1030. The fourth-order valence-corrected chi connectivity index (χ4v) is 6.38. The Balaban J connectivity index is 1.62. The number of sulfonamides is 1. The van der Waals surface area contributed by atoms with Crippen molar-refractivity contribution in [2.24, 2.45) is 0 Å². The molecule has 0 spiro atoms. The van der Waals surface area contributed by atoms with Crippen LogP contribution in [-0.2, 0) is 16.4 Å². The maximum Gasteiger partial charge on any atom is 0.254 e. The van der Waals surface area contributed by atoms with Crippen LogP contribution < -0.4 is 0 Å². The van der Waals surface area contributed by atoms with Gasteiger partial charge in [0.2, 0.25) is 10.0 Å². The number of hydrogen-bond acceptors (Lipinski definition) is 3. The molecular formula is C22H25ClN2O3S. The van der Waals surface area contributed by atoms with E-state index in [1.807, 2.05) is 12.1 Å². The predicted octanol–water partition coefficient (Wildman–Crippen LogP) is 4.27. The van der Waals surface area contributed by atoms with Gasteiger partial charge in [0.1, 0.15) is 4.90 Å². The molecule has 1 aliphatic carbocycles. The first-order valence-corrected chi connectivity index (χ1v) is 11.9. The quantitative estimate of drug-likeness (QED) is 0.724. The van der Waals surface area contributed by atoms with Crippen LogP contribution in [0, 0.1) is 0 Å². The topological polar surface area (TPSA) is 57.7 Å². The molecule has 1 amide bonds. The second-order valence-corrected chi connectivity index (χ2v) is 10.1. The molecule has 5 nitrogen and oxygen atoms in total. The van der Waals surface area contributed by atoms with Crippen LogP contribution in [0.3, 0.4) is 0 Å². The minimum Gasteiger partial charge on any atom is -0.335 e. The Morgan fingerprint density at radius 3 is 2.59 bits per heavy atom. The first-order chi connectivity index (χ1) is 13.9. The van der Waals surface area contributed by atoms with E-state index in [4.69, 9.17) is 11.6 Å². The number of carbonyl (C=O) groups is 1. The zero-order valence-electron chi connectivity index (χ0n) is 16.5. The van der Waals surface area contributed by atoms with E-state index in [1.165, 1.54) is 27.6 Å². The molecule has 29 heavy (non-hydrogen) atoms. The van der Waals surface area contributed by atoms with Gasteiger partial charge in [0, 0.05) is 25.7 Å². The Kier molecular flexibility index (Phi) is 5.69. The number of fused-ring (bicyclic) bond motifs is 1. The molecule has 1 saturated heterocycles. The number of benzene rings is 2. The van der Waals surface area contributed by atoms with Crippen molar-refractivity contribution in [1.29, 1.82) is 0 Å². The van der Waals surface area contributed by atoms with Gasteiger partial charge in [0.15, 0.2) is 0 Å². The highest BCUT2D eigenvalue weighted by Gasteiger charge is 2.31. The fourth-order valence-electron chi connectivity index (χ4n) is 4.36. The van der Waals surface area contributed by atoms with E-state index in [-0.39, 0.29) is 21.9 Å². The van der Waals surface area contributed by atoms with Gasteiger partial charge in [-0.05, 0) is 55.0 Å². The molecule has 7 heteroatoms. The summed E-state index contributed by atoms with van der Waals surface area (Å²) in [7, 11) is -1.93. The van der Waals surface area contributed by atoms with Gasteiger partial charge in [-0.1, -0.05) is 42.3 Å². The lowest BCUT2D eigenvalue weighted by atomic mass is 10.1. The number of aryl methyl sites for hydroxylation is 1. The molecule has 1 atom stereocenters. The van der Waals surface area contributed by atoms with Crippen molar-refractivity contribution in [3.05, 3.63) is 64.2 Å². The molecule has 154 valence electrons. The Labute approximate surface area is 177 Å².